The predicted molar refractivity (Wildman–Crippen MR) is 67.1 cm³/mol. The molecule has 0 bridgehead atoms. The first-order valence-electron chi connectivity index (χ1n) is 6.22. The van der Waals surface area contributed by atoms with Crippen molar-refractivity contribution < 1.29 is 31.4 Å². The minimum atomic E-state index is -4.82. The smallest absolute Gasteiger partial charge is 0.406 e. The lowest BCUT2D eigenvalue weighted by Crippen LogP contribution is -2.42. The molecule has 21 heavy (non-hydrogen) atoms. The molecular formula is C12H14F3NO4S. The van der Waals surface area contributed by atoms with E-state index < -0.39 is 28.2 Å². The van der Waals surface area contributed by atoms with Crippen LogP contribution in [-0.4, -0.2) is 43.4 Å². The molecule has 1 aromatic carbocycles. The minimum Gasteiger partial charge on any atom is -0.406 e. The van der Waals surface area contributed by atoms with Crippen molar-refractivity contribution in [3.63, 3.8) is 0 Å². The molecule has 9 heteroatoms. The molecule has 1 aliphatic heterocycles. The normalized spacial score (nSPS) is 21.2. The van der Waals surface area contributed by atoms with Crippen LogP contribution in [0.1, 0.15) is 12.8 Å². The van der Waals surface area contributed by atoms with Gasteiger partial charge in [-0.2, -0.15) is 4.31 Å². The lowest BCUT2D eigenvalue weighted by atomic mass is 10.1. The highest BCUT2D eigenvalue weighted by Crippen LogP contribution is 2.26. The van der Waals surface area contributed by atoms with Gasteiger partial charge in [0.05, 0.1) is 11.0 Å². The van der Waals surface area contributed by atoms with Crippen LogP contribution in [0.25, 0.3) is 0 Å². The molecule has 5 nitrogen and oxygen atoms in total. The predicted octanol–water partition coefficient (Wildman–Crippen LogP) is 1.73. The number of β-amino-alcohol motifs (C(OH)–C–C–N with tert-alkyl or cyclic N) is 1. The maximum atomic E-state index is 12.3. The van der Waals surface area contributed by atoms with Crippen LogP contribution in [0.2, 0.25) is 0 Å². The monoisotopic (exact) mass is 325 g/mol. The Hall–Kier alpha value is -1.32. The van der Waals surface area contributed by atoms with Crippen molar-refractivity contribution in [1.29, 1.82) is 0 Å². The quantitative estimate of drug-likeness (QED) is 0.919. The first kappa shape index (κ1) is 16.1. The summed E-state index contributed by atoms with van der Waals surface area (Å²) in [7, 11) is -3.82. The Morgan fingerprint density at radius 1 is 1.24 bits per heavy atom. The van der Waals surface area contributed by atoms with E-state index in [1.54, 1.807) is 0 Å². The van der Waals surface area contributed by atoms with Gasteiger partial charge in [-0.05, 0) is 37.1 Å². The second kappa shape index (κ2) is 5.82. The van der Waals surface area contributed by atoms with Gasteiger partial charge in [0.2, 0.25) is 10.0 Å². The number of sulfonamides is 1. The topological polar surface area (TPSA) is 66.8 Å². The molecule has 0 unspecified atom stereocenters. The fourth-order valence-corrected chi connectivity index (χ4v) is 3.62. The number of benzene rings is 1. The van der Waals surface area contributed by atoms with E-state index in [9.17, 15) is 26.7 Å². The molecule has 1 N–H and O–H groups in total. The van der Waals surface area contributed by atoms with Gasteiger partial charge in [-0.1, -0.05) is 0 Å². The standard InChI is InChI=1S/C12H14F3NO4S/c13-12(14,15)20-10-3-5-11(6-4-10)21(18,19)16-7-1-2-9(17)8-16/h3-6,9,17H,1-2,7-8H2/t9-/m0/s1. The highest BCUT2D eigenvalue weighted by molar-refractivity contribution is 7.89. The minimum absolute atomic E-state index is 0.0108. The number of piperidine rings is 1. The first-order valence-corrected chi connectivity index (χ1v) is 7.66. The molecule has 1 aromatic rings. The number of ether oxygens (including phenoxy) is 1. The third-order valence-electron chi connectivity index (χ3n) is 3.05. The molecule has 1 heterocycles. The van der Waals surface area contributed by atoms with Crippen molar-refractivity contribution >= 4 is 10.0 Å². The summed E-state index contributed by atoms with van der Waals surface area (Å²) in [6, 6.07) is 4.00. The van der Waals surface area contributed by atoms with Gasteiger partial charge < -0.3 is 9.84 Å². The Morgan fingerprint density at radius 2 is 1.86 bits per heavy atom. The summed E-state index contributed by atoms with van der Waals surface area (Å²) in [5.74, 6) is -0.486. The Balaban J connectivity index is 2.17. The summed E-state index contributed by atoms with van der Waals surface area (Å²) in [6.07, 6.45) is -4.47. The number of nitrogens with zero attached hydrogens (tertiary/aromatic N) is 1. The molecule has 0 spiro atoms. The Labute approximate surface area is 120 Å². The zero-order chi connectivity index (χ0) is 15.7. The highest BCUT2D eigenvalue weighted by atomic mass is 32.2. The molecule has 0 amide bonds. The van der Waals surface area contributed by atoms with E-state index in [4.69, 9.17) is 0 Å². The lowest BCUT2D eigenvalue weighted by Gasteiger charge is -2.29. The van der Waals surface area contributed by atoms with E-state index in [0.717, 1.165) is 28.6 Å². The van der Waals surface area contributed by atoms with Crippen LogP contribution in [0.3, 0.4) is 0 Å². The molecule has 1 fully saturated rings. The number of aliphatic hydroxyl groups is 1. The van der Waals surface area contributed by atoms with Crippen LogP contribution >= 0.6 is 0 Å². The van der Waals surface area contributed by atoms with Crippen molar-refractivity contribution in [2.24, 2.45) is 0 Å². The number of rotatable bonds is 3. The zero-order valence-corrected chi connectivity index (χ0v) is 11.7. The number of alkyl halides is 3. The molecule has 1 saturated heterocycles. The van der Waals surface area contributed by atoms with E-state index >= 15 is 0 Å². The van der Waals surface area contributed by atoms with Crippen molar-refractivity contribution in [3.05, 3.63) is 24.3 Å². The summed E-state index contributed by atoms with van der Waals surface area (Å²) in [4.78, 5) is -0.133. The molecule has 0 aromatic heterocycles. The van der Waals surface area contributed by atoms with E-state index in [1.807, 2.05) is 0 Å². The molecule has 2 rings (SSSR count). The van der Waals surface area contributed by atoms with Gasteiger partial charge in [-0.25, -0.2) is 8.42 Å². The average molecular weight is 325 g/mol. The van der Waals surface area contributed by atoms with Gasteiger partial charge in [0.1, 0.15) is 5.75 Å². The fraction of sp³-hybridized carbons (Fsp3) is 0.500. The number of hydrogen-bond acceptors (Lipinski definition) is 4. The highest BCUT2D eigenvalue weighted by Gasteiger charge is 2.32. The third kappa shape index (κ3) is 4.08. The number of halogens is 3. The van der Waals surface area contributed by atoms with Gasteiger partial charge in [0, 0.05) is 13.1 Å². The van der Waals surface area contributed by atoms with Crippen LogP contribution in [0, 0.1) is 0 Å². The Kier molecular flexibility index (Phi) is 4.45. The third-order valence-corrected chi connectivity index (χ3v) is 4.93. The van der Waals surface area contributed by atoms with Crippen molar-refractivity contribution in [3.8, 4) is 5.75 Å². The second-order valence-corrected chi connectivity index (χ2v) is 6.62. The van der Waals surface area contributed by atoms with Crippen LogP contribution in [0.15, 0.2) is 29.2 Å². The van der Waals surface area contributed by atoms with Gasteiger partial charge in [-0.3, -0.25) is 0 Å². The van der Waals surface area contributed by atoms with Gasteiger partial charge in [0.15, 0.2) is 0 Å². The number of aliphatic hydroxyl groups excluding tert-OH is 1. The van der Waals surface area contributed by atoms with Crippen LogP contribution in [0.5, 0.6) is 5.75 Å². The van der Waals surface area contributed by atoms with Crippen molar-refractivity contribution in [1.82, 2.24) is 4.31 Å². The van der Waals surface area contributed by atoms with Crippen LogP contribution in [0.4, 0.5) is 13.2 Å². The van der Waals surface area contributed by atoms with Crippen LogP contribution < -0.4 is 4.74 Å². The maximum absolute atomic E-state index is 12.3. The van der Waals surface area contributed by atoms with Gasteiger partial charge >= 0.3 is 6.36 Å². The summed E-state index contributed by atoms with van der Waals surface area (Å²) in [5.41, 5.74) is 0. The maximum Gasteiger partial charge on any atom is 0.573 e. The summed E-state index contributed by atoms with van der Waals surface area (Å²) >= 11 is 0. The van der Waals surface area contributed by atoms with Gasteiger partial charge in [0.25, 0.3) is 0 Å². The molecule has 0 aliphatic carbocycles. The summed E-state index contributed by atoms with van der Waals surface area (Å²) in [5, 5.41) is 9.51. The average Bonchev–Trinajstić information content (AvgIpc) is 2.37. The number of hydrogen-bond donors (Lipinski definition) is 1. The van der Waals surface area contributed by atoms with Crippen LogP contribution in [-0.2, 0) is 10.0 Å². The SMILES string of the molecule is O=S(=O)(c1ccc(OC(F)(F)F)cc1)N1CCC[C@H](O)C1. The summed E-state index contributed by atoms with van der Waals surface area (Å²) < 4.78 is 65.5. The molecule has 1 atom stereocenters. The van der Waals surface area contributed by atoms with Crippen molar-refractivity contribution in [2.45, 2.75) is 30.2 Å². The van der Waals surface area contributed by atoms with E-state index in [2.05, 4.69) is 4.74 Å². The molecule has 1 aliphatic rings. The van der Waals surface area contributed by atoms with E-state index in [0.29, 0.717) is 12.8 Å². The Bertz CT molecular complexity index is 586. The van der Waals surface area contributed by atoms with Gasteiger partial charge in [-0.15, -0.1) is 13.2 Å². The zero-order valence-electron chi connectivity index (χ0n) is 10.9. The largest absolute Gasteiger partial charge is 0.573 e. The molecule has 0 saturated carbocycles. The Morgan fingerprint density at radius 3 is 2.38 bits per heavy atom. The second-order valence-electron chi connectivity index (χ2n) is 4.68. The first-order chi connectivity index (χ1) is 9.68. The molecule has 0 radical (unpaired) electrons. The van der Waals surface area contributed by atoms with E-state index in [-0.39, 0.29) is 18.0 Å². The molecular weight excluding hydrogens is 311 g/mol. The van der Waals surface area contributed by atoms with E-state index in [1.165, 1.54) is 0 Å². The molecule has 118 valence electrons. The van der Waals surface area contributed by atoms with Crippen molar-refractivity contribution in [2.75, 3.05) is 13.1 Å². The summed E-state index contributed by atoms with van der Waals surface area (Å²) in [6.45, 7) is 0.267. The fourth-order valence-electron chi connectivity index (χ4n) is 2.10. The lowest BCUT2D eigenvalue weighted by molar-refractivity contribution is -0.274.